The number of hydrazine groups is 1. The molecule has 15 heteroatoms. The Balaban J connectivity index is 2.20. The standard InChI is InChI=1S/C24H25Cl4N5O6/c1-10(2)20(24(38)39)31-13(34)9-30-22(36)14-15(17(26)19(28)18(27)16(14)25)23(37)33-32-21(35)12(29)8-11-6-4-3-5-7-11/h3-7,10,12,20H,8-9,29H2,1-2H3,(H,30,36)(H,31,34)(H,32,35)(H,33,37)(H,38,39)/t12-,20-/m0/s1. The van der Waals surface area contributed by atoms with E-state index in [1.54, 1.807) is 44.2 Å². The average molecular weight is 621 g/mol. The first-order valence-corrected chi connectivity index (χ1v) is 12.8. The number of carboxylic acid groups (broad SMARTS) is 1. The van der Waals surface area contributed by atoms with Crippen LogP contribution in [0.1, 0.15) is 40.1 Å². The molecule has 0 aliphatic heterocycles. The molecule has 2 aromatic carbocycles. The number of carbonyl (C=O) groups excluding carboxylic acids is 4. The van der Waals surface area contributed by atoms with E-state index in [2.05, 4.69) is 21.5 Å². The van der Waals surface area contributed by atoms with Crippen LogP contribution in [0.4, 0.5) is 0 Å². The quantitative estimate of drug-likeness (QED) is 0.134. The molecule has 7 N–H and O–H groups in total. The lowest BCUT2D eigenvalue weighted by Crippen LogP contribution is -2.50. The SMILES string of the molecule is CC(C)[C@H](NC(=O)CNC(=O)c1c(Cl)c(Cl)c(Cl)c(Cl)c1C(=O)NNC(=O)[C@@H](N)Cc1ccccc1)C(=O)O. The molecule has 0 bridgehead atoms. The number of aliphatic carboxylic acids is 1. The number of carboxylic acids is 1. The van der Waals surface area contributed by atoms with Crippen LogP contribution < -0.4 is 27.2 Å². The molecule has 0 aromatic heterocycles. The zero-order valence-electron chi connectivity index (χ0n) is 20.6. The predicted octanol–water partition coefficient (Wildman–Crippen LogP) is 2.59. The van der Waals surface area contributed by atoms with Crippen LogP contribution in [0.25, 0.3) is 0 Å². The topological polar surface area (TPSA) is 180 Å². The molecule has 0 heterocycles. The number of hydrogen-bond donors (Lipinski definition) is 6. The van der Waals surface area contributed by atoms with E-state index in [9.17, 15) is 29.1 Å². The van der Waals surface area contributed by atoms with Crippen molar-refractivity contribution in [2.24, 2.45) is 11.7 Å². The smallest absolute Gasteiger partial charge is 0.326 e. The molecular weight excluding hydrogens is 596 g/mol. The van der Waals surface area contributed by atoms with Gasteiger partial charge in [-0.3, -0.25) is 30.0 Å². The molecular formula is C24H25Cl4N5O6. The van der Waals surface area contributed by atoms with Crippen molar-refractivity contribution in [2.45, 2.75) is 32.4 Å². The van der Waals surface area contributed by atoms with Gasteiger partial charge in [0.2, 0.25) is 5.91 Å². The van der Waals surface area contributed by atoms with Crippen LogP contribution in [0.2, 0.25) is 20.1 Å². The fraction of sp³-hybridized carbons (Fsp3) is 0.292. The highest BCUT2D eigenvalue weighted by Gasteiger charge is 2.30. The first-order chi connectivity index (χ1) is 18.3. The van der Waals surface area contributed by atoms with Crippen LogP contribution in [0, 0.1) is 5.92 Å². The van der Waals surface area contributed by atoms with E-state index in [0.29, 0.717) is 0 Å². The largest absolute Gasteiger partial charge is 0.480 e. The van der Waals surface area contributed by atoms with E-state index in [4.69, 9.17) is 52.1 Å². The van der Waals surface area contributed by atoms with Gasteiger partial charge in [0, 0.05) is 0 Å². The summed E-state index contributed by atoms with van der Waals surface area (Å²) < 4.78 is 0. The maximum absolute atomic E-state index is 13.0. The molecule has 0 aliphatic rings. The molecule has 2 aromatic rings. The highest BCUT2D eigenvalue weighted by atomic mass is 35.5. The Kier molecular flexibility index (Phi) is 11.8. The van der Waals surface area contributed by atoms with Crippen molar-refractivity contribution in [3.05, 3.63) is 67.1 Å². The first-order valence-electron chi connectivity index (χ1n) is 11.3. The van der Waals surface area contributed by atoms with Gasteiger partial charge < -0.3 is 21.5 Å². The van der Waals surface area contributed by atoms with Crippen LogP contribution in [0.5, 0.6) is 0 Å². The zero-order valence-corrected chi connectivity index (χ0v) is 23.6. The predicted molar refractivity (Wildman–Crippen MR) is 147 cm³/mol. The maximum atomic E-state index is 13.0. The highest BCUT2D eigenvalue weighted by Crippen LogP contribution is 2.41. The summed E-state index contributed by atoms with van der Waals surface area (Å²) in [7, 11) is 0. The number of nitrogens with one attached hydrogen (secondary N) is 4. The van der Waals surface area contributed by atoms with Gasteiger partial charge in [0.05, 0.1) is 43.8 Å². The summed E-state index contributed by atoms with van der Waals surface area (Å²) in [4.78, 5) is 61.9. The van der Waals surface area contributed by atoms with E-state index in [-0.39, 0.29) is 16.5 Å². The van der Waals surface area contributed by atoms with Gasteiger partial charge >= 0.3 is 5.97 Å². The van der Waals surface area contributed by atoms with Gasteiger partial charge in [-0.1, -0.05) is 90.6 Å². The third-order valence-corrected chi connectivity index (χ3v) is 7.12. The van der Waals surface area contributed by atoms with Gasteiger partial charge in [-0.05, 0) is 17.9 Å². The van der Waals surface area contributed by atoms with Crippen molar-refractivity contribution >= 4 is 76.0 Å². The molecule has 0 fully saturated rings. The summed E-state index contributed by atoms with van der Waals surface area (Å²) in [5.41, 5.74) is 9.86. The Hall–Kier alpha value is -3.09. The number of amides is 4. The summed E-state index contributed by atoms with van der Waals surface area (Å²) >= 11 is 24.5. The number of halogens is 4. The lowest BCUT2D eigenvalue weighted by atomic mass is 10.0. The third kappa shape index (κ3) is 8.45. The summed E-state index contributed by atoms with van der Waals surface area (Å²) in [6, 6.07) is 6.70. The minimum absolute atomic E-state index is 0.178. The molecule has 2 rings (SSSR count). The van der Waals surface area contributed by atoms with E-state index < -0.39 is 75.3 Å². The lowest BCUT2D eigenvalue weighted by molar-refractivity contribution is -0.142. The second-order valence-electron chi connectivity index (χ2n) is 8.56. The molecule has 2 atom stereocenters. The van der Waals surface area contributed by atoms with E-state index >= 15 is 0 Å². The molecule has 0 saturated carbocycles. The summed E-state index contributed by atoms with van der Waals surface area (Å²) in [6.07, 6.45) is 0.178. The minimum Gasteiger partial charge on any atom is -0.480 e. The monoisotopic (exact) mass is 619 g/mol. The van der Waals surface area contributed by atoms with Crippen molar-refractivity contribution in [3.8, 4) is 0 Å². The normalized spacial score (nSPS) is 12.3. The Morgan fingerprint density at radius 3 is 1.90 bits per heavy atom. The van der Waals surface area contributed by atoms with E-state index in [1.807, 2.05) is 0 Å². The van der Waals surface area contributed by atoms with Crippen LogP contribution in [0.15, 0.2) is 30.3 Å². The molecule has 0 aliphatic carbocycles. The van der Waals surface area contributed by atoms with Crippen molar-refractivity contribution in [1.82, 2.24) is 21.5 Å². The van der Waals surface area contributed by atoms with Gasteiger partial charge in [0.1, 0.15) is 6.04 Å². The van der Waals surface area contributed by atoms with Gasteiger partial charge in [0.25, 0.3) is 17.7 Å². The van der Waals surface area contributed by atoms with Gasteiger partial charge in [-0.25, -0.2) is 4.79 Å². The van der Waals surface area contributed by atoms with Crippen molar-refractivity contribution in [1.29, 1.82) is 0 Å². The number of nitrogens with two attached hydrogens (primary N) is 1. The number of hydrogen-bond acceptors (Lipinski definition) is 6. The van der Waals surface area contributed by atoms with Gasteiger partial charge in [-0.15, -0.1) is 0 Å². The van der Waals surface area contributed by atoms with E-state index in [1.165, 1.54) is 0 Å². The van der Waals surface area contributed by atoms with Gasteiger partial charge in [-0.2, -0.15) is 0 Å². The van der Waals surface area contributed by atoms with Crippen LogP contribution in [0.3, 0.4) is 0 Å². The Bertz CT molecular complexity index is 1280. The fourth-order valence-electron chi connectivity index (χ4n) is 3.28. The molecule has 0 unspecified atom stereocenters. The van der Waals surface area contributed by atoms with Crippen molar-refractivity contribution < 1.29 is 29.1 Å². The Morgan fingerprint density at radius 2 is 1.38 bits per heavy atom. The van der Waals surface area contributed by atoms with E-state index in [0.717, 1.165) is 5.56 Å². The summed E-state index contributed by atoms with van der Waals surface area (Å²) in [6.45, 7) is 2.51. The molecule has 210 valence electrons. The Morgan fingerprint density at radius 1 is 0.846 bits per heavy atom. The van der Waals surface area contributed by atoms with Crippen molar-refractivity contribution in [2.75, 3.05) is 6.54 Å². The molecule has 0 radical (unpaired) electrons. The van der Waals surface area contributed by atoms with Crippen molar-refractivity contribution in [3.63, 3.8) is 0 Å². The number of benzene rings is 2. The van der Waals surface area contributed by atoms with Gasteiger partial charge in [0.15, 0.2) is 0 Å². The zero-order chi connectivity index (χ0) is 29.4. The second-order valence-corrected chi connectivity index (χ2v) is 10.1. The number of carbonyl (C=O) groups is 5. The summed E-state index contributed by atoms with van der Waals surface area (Å²) in [5, 5.41) is 12.1. The first kappa shape index (κ1) is 32.1. The molecule has 0 saturated heterocycles. The summed E-state index contributed by atoms with van der Waals surface area (Å²) in [5.74, 6) is -5.39. The van der Waals surface area contributed by atoms with Crippen LogP contribution in [-0.4, -0.2) is 53.3 Å². The molecule has 0 spiro atoms. The molecule has 11 nitrogen and oxygen atoms in total. The Labute approximate surface area is 243 Å². The van der Waals surface area contributed by atoms with Crippen LogP contribution in [-0.2, 0) is 20.8 Å². The second kappa shape index (κ2) is 14.3. The van der Waals surface area contributed by atoms with Crippen LogP contribution >= 0.6 is 46.4 Å². The molecule has 4 amide bonds. The fourth-order valence-corrected chi connectivity index (χ4v) is 4.30. The molecule has 39 heavy (non-hydrogen) atoms. The highest BCUT2D eigenvalue weighted by molar-refractivity contribution is 6.54. The lowest BCUT2D eigenvalue weighted by Gasteiger charge is -2.19. The average Bonchev–Trinajstić information content (AvgIpc) is 2.89. The minimum atomic E-state index is -1.26. The third-order valence-electron chi connectivity index (χ3n) is 5.31. The maximum Gasteiger partial charge on any atom is 0.326 e. The number of rotatable bonds is 10.